The molecule has 49 heavy (non-hydrogen) atoms. The van der Waals surface area contributed by atoms with E-state index in [1.54, 1.807) is 5.57 Å². The Labute approximate surface area is 305 Å². The monoisotopic (exact) mass is 677 g/mol. The summed E-state index contributed by atoms with van der Waals surface area (Å²) >= 11 is 0. The topological polar surface area (TPSA) is 26.3 Å². The fourth-order valence-corrected chi connectivity index (χ4v) is 11.4. The summed E-state index contributed by atoms with van der Waals surface area (Å²) < 4.78 is 6.13. The highest BCUT2D eigenvalue weighted by Gasteiger charge is 2.59. The lowest BCUT2D eigenvalue weighted by molar-refractivity contribution is -0.151. The molecule has 8 atom stereocenters. The largest absolute Gasteiger partial charge is 0.462 e. The third-order valence-corrected chi connectivity index (χ3v) is 14.4. The number of hydrogen-bond acceptors (Lipinski definition) is 2. The third kappa shape index (κ3) is 11.6. The molecule has 4 rings (SSSR count). The Morgan fingerprint density at radius 1 is 0.796 bits per heavy atom. The van der Waals surface area contributed by atoms with Crippen LogP contribution in [0.2, 0.25) is 0 Å². The molecule has 2 nitrogen and oxygen atoms in total. The molecule has 4 aliphatic carbocycles. The summed E-state index contributed by atoms with van der Waals surface area (Å²) in [5, 5.41) is 0. The number of carbonyl (C=O) groups excluding carboxylic acids is 1. The van der Waals surface area contributed by atoms with E-state index < -0.39 is 0 Å². The molecule has 0 radical (unpaired) electrons. The Hall–Kier alpha value is -1.31. The first kappa shape index (κ1) is 40.5. The van der Waals surface area contributed by atoms with Gasteiger partial charge in [0, 0.05) is 12.8 Å². The summed E-state index contributed by atoms with van der Waals surface area (Å²) in [6.07, 6.45) is 43.5. The predicted octanol–water partition coefficient (Wildman–Crippen LogP) is 14.5. The van der Waals surface area contributed by atoms with Gasteiger partial charge in [-0.15, -0.1) is 0 Å². The molecule has 3 saturated carbocycles. The van der Waals surface area contributed by atoms with Gasteiger partial charge in [0.05, 0.1) is 0 Å². The van der Waals surface area contributed by atoms with Gasteiger partial charge >= 0.3 is 5.97 Å². The Morgan fingerprint density at radius 2 is 1.49 bits per heavy atom. The molecule has 5 unspecified atom stereocenters. The van der Waals surface area contributed by atoms with Crippen LogP contribution in [0, 0.1) is 46.3 Å². The van der Waals surface area contributed by atoms with Crippen LogP contribution in [0.5, 0.6) is 0 Å². The van der Waals surface area contributed by atoms with Crippen molar-refractivity contribution in [2.45, 2.75) is 208 Å². The van der Waals surface area contributed by atoms with Crippen molar-refractivity contribution in [1.29, 1.82) is 0 Å². The van der Waals surface area contributed by atoms with Gasteiger partial charge in [0.1, 0.15) is 6.10 Å². The van der Waals surface area contributed by atoms with Crippen LogP contribution < -0.4 is 0 Å². The standard InChI is InChI=1S/C47H80O2/c1-7-8-9-10-11-12-13-14-15-16-17-18-19-20-21-22-23-27-45(48)49-40-32-34-46(5)39(36-40)28-29-41-43-31-30-42(38(4)26-24-25-37(2)3)47(43,6)35-33-44(41)46/h11-12,14-15,28,37-38,40-44H,7-10,13,16-27,29-36H2,1-6H3/b12-11+,15-14+/t38-,40+,41?,42-,43?,44?,46?,47?/m1/s1. The molecule has 0 aromatic rings. The number of unbranched alkanes of at least 4 members (excludes halogenated alkanes) is 10. The van der Waals surface area contributed by atoms with Crippen LogP contribution >= 0.6 is 0 Å². The molecule has 0 amide bonds. The zero-order valence-electron chi connectivity index (χ0n) is 33.4. The van der Waals surface area contributed by atoms with Crippen molar-refractivity contribution in [2.24, 2.45) is 46.3 Å². The minimum atomic E-state index is 0.0541. The second-order valence-corrected chi connectivity index (χ2v) is 18.3. The Bertz CT molecular complexity index is 1050. The molecule has 0 bridgehead atoms. The van der Waals surface area contributed by atoms with Crippen molar-refractivity contribution in [3.63, 3.8) is 0 Å². The zero-order chi connectivity index (χ0) is 35.1. The number of carbonyl (C=O) groups is 1. The molecule has 0 aromatic carbocycles. The van der Waals surface area contributed by atoms with Gasteiger partial charge in [-0.3, -0.25) is 4.79 Å². The van der Waals surface area contributed by atoms with Crippen LogP contribution in [0.15, 0.2) is 36.0 Å². The lowest BCUT2D eigenvalue weighted by atomic mass is 9.47. The smallest absolute Gasteiger partial charge is 0.306 e. The first-order valence-electron chi connectivity index (χ1n) is 21.9. The number of fused-ring (bicyclic) bond motifs is 5. The number of hydrogen-bond donors (Lipinski definition) is 0. The molecular formula is C47H80O2. The van der Waals surface area contributed by atoms with Crippen LogP contribution in [0.25, 0.3) is 0 Å². The molecule has 0 spiro atoms. The van der Waals surface area contributed by atoms with Crippen LogP contribution in [0.3, 0.4) is 0 Å². The summed E-state index contributed by atoms with van der Waals surface area (Å²) in [5.41, 5.74) is 2.52. The number of rotatable bonds is 22. The predicted molar refractivity (Wildman–Crippen MR) is 212 cm³/mol. The number of esters is 1. The van der Waals surface area contributed by atoms with Gasteiger partial charge in [0.25, 0.3) is 0 Å². The normalized spacial score (nSPS) is 31.9. The molecule has 2 heteroatoms. The van der Waals surface area contributed by atoms with E-state index in [-0.39, 0.29) is 12.1 Å². The van der Waals surface area contributed by atoms with E-state index in [2.05, 4.69) is 71.9 Å². The van der Waals surface area contributed by atoms with Gasteiger partial charge in [0.15, 0.2) is 0 Å². The molecule has 280 valence electrons. The second kappa shape index (κ2) is 20.7. The maximum absolute atomic E-state index is 12.8. The van der Waals surface area contributed by atoms with Crippen molar-refractivity contribution < 1.29 is 9.53 Å². The fourth-order valence-electron chi connectivity index (χ4n) is 11.4. The average molecular weight is 677 g/mol. The van der Waals surface area contributed by atoms with E-state index in [0.717, 1.165) is 67.6 Å². The molecule has 0 heterocycles. The number of ether oxygens (including phenoxy) is 1. The Kier molecular flexibility index (Phi) is 17.1. The lowest BCUT2D eigenvalue weighted by Gasteiger charge is -2.58. The van der Waals surface area contributed by atoms with Crippen molar-refractivity contribution >= 4 is 5.97 Å². The fraction of sp³-hybridized carbons (Fsp3) is 0.851. The van der Waals surface area contributed by atoms with Crippen molar-refractivity contribution in [3.05, 3.63) is 36.0 Å². The maximum Gasteiger partial charge on any atom is 0.306 e. The van der Waals surface area contributed by atoms with Crippen LogP contribution in [-0.4, -0.2) is 12.1 Å². The Balaban J connectivity index is 1.09. The second-order valence-electron chi connectivity index (χ2n) is 18.3. The van der Waals surface area contributed by atoms with Gasteiger partial charge in [-0.2, -0.15) is 0 Å². The maximum atomic E-state index is 12.8. The van der Waals surface area contributed by atoms with Crippen LogP contribution in [-0.2, 0) is 9.53 Å². The molecular weight excluding hydrogens is 597 g/mol. The van der Waals surface area contributed by atoms with Gasteiger partial charge < -0.3 is 4.74 Å². The van der Waals surface area contributed by atoms with E-state index >= 15 is 0 Å². The van der Waals surface area contributed by atoms with E-state index in [9.17, 15) is 4.79 Å². The molecule has 0 aromatic heterocycles. The van der Waals surface area contributed by atoms with Crippen molar-refractivity contribution in [1.82, 2.24) is 0 Å². The summed E-state index contributed by atoms with van der Waals surface area (Å²) in [5.74, 6) is 5.31. The molecule has 0 saturated heterocycles. The van der Waals surface area contributed by atoms with E-state index in [4.69, 9.17) is 4.74 Å². The molecule has 3 fully saturated rings. The van der Waals surface area contributed by atoms with Crippen LogP contribution in [0.4, 0.5) is 0 Å². The third-order valence-electron chi connectivity index (χ3n) is 14.4. The summed E-state index contributed by atoms with van der Waals surface area (Å²) in [7, 11) is 0. The van der Waals surface area contributed by atoms with E-state index in [1.807, 2.05) is 0 Å². The zero-order valence-corrected chi connectivity index (χ0v) is 33.4. The van der Waals surface area contributed by atoms with E-state index in [1.165, 1.54) is 122 Å². The van der Waals surface area contributed by atoms with Gasteiger partial charge in [0.2, 0.25) is 0 Å². The minimum Gasteiger partial charge on any atom is -0.462 e. The lowest BCUT2D eigenvalue weighted by Crippen LogP contribution is -2.51. The summed E-state index contributed by atoms with van der Waals surface area (Å²) in [6, 6.07) is 0. The number of allylic oxidation sites excluding steroid dienone is 5. The summed E-state index contributed by atoms with van der Waals surface area (Å²) in [6.45, 7) is 14.9. The van der Waals surface area contributed by atoms with Gasteiger partial charge in [-0.05, 0) is 130 Å². The first-order chi connectivity index (χ1) is 23.7. The van der Waals surface area contributed by atoms with Gasteiger partial charge in [-0.1, -0.05) is 142 Å². The Morgan fingerprint density at radius 3 is 2.20 bits per heavy atom. The van der Waals surface area contributed by atoms with Crippen molar-refractivity contribution in [3.8, 4) is 0 Å². The molecule has 0 N–H and O–H groups in total. The van der Waals surface area contributed by atoms with Gasteiger partial charge in [-0.25, -0.2) is 0 Å². The minimum absolute atomic E-state index is 0.0541. The molecule has 4 aliphatic rings. The summed E-state index contributed by atoms with van der Waals surface area (Å²) in [4.78, 5) is 12.8. The quantitative estimate of drug-likeness (QED) is 0.0648. The van der Waals surface area contributed by atoms with E-state index in [0.29, 0.717) is 17.3 Å². The van der Waals surface area contributed by atoms with Crippen LogP contribution in [0.1, 0.15) is 202 Å². The molecule has 0 aliphatic heterocycles. The first-order valence-corrected chi connectivity index (χ1v) is 21.9. The highest BCUT2D eigenvalue weighted by atomic mass is 16.5. The highest BCUT2D eigenvalue weighted by molar-refractivity contribution is 5.69. The average Bonchev–Trinajstić information content (AvgIpc) is 3.43. The van der Waals surface area contributed by atoms with Crippen molar-refractivity contribution in [2.75, 3.05) is 0 Å². The highest BCUT2D eigenvalue weighted by Crippen LogP contribution is 2.67. The SMILES string of the molecule is CCCCC/C=C/C/C=C/CCCCCCCCCC(=O)O[C@H]1CCC2(C)C(=CCC3C2CCC2(C)C3CC[C@@H]2[C@H](C)CCCC(C)C)C1.